The molecule has 1 aromatic heterocycles. The summed E-state index contributed by atoms with van der Waals surface area (Å²) in [6.07, 6.45) is 5.65. The molecule has 1 saturated carbocycles. The molecule has 0 radical (unpaired) electrons. The Labute approximate surface area is 135 Å². The molecule has 2 unspecified atom stereocenters. The highest BCUT2D eigenvalue weighted by atomic mass is 16.3. The third-order valence-electron chi connectivity index (χ3n) is 4.46. The molecule has 23 heavy (non-hydrogen) atoms. The predicted octanol–water partition coefficient (Wildman–Crippen LogP) is 1.83. The van der Waals surface area contributed by atoms with E-state index in [2.05, 4.69) is 10.4 Å². The molecule has 3 rings (SSSR count). The number of rotatable bonds is 4. The van der Waals surface area contributed by atoms with Crippen molar-refractivity contribution in [2.24, 2.45) is 11.7 Å². The lowest BCUT2D eigenvalue weighted by Gasteiger charge is -2.31. The number of aromatic hydroxyl groups is 1. The Hall–Kier alpha value is -2.34. The summed E-state index contributed by atoms with van der Waals surface area (Å²) in [7, 11) is 0. The number of hydrogen-bond acceptors (Lipinski definition) is 4. The maximum atomic E-state index is 12.5. The molecule has 0 saturated heterocycles. The average Bonchev–Trinajstić information content (AvgIpc) is 2.98. The highest BCUT2D eigenvalue weighted by molar-refractivity contribution is 5.95. The molecule has 1 heterocycles. The Morgan fingerprint density at radius 2 is 2.04 bits per heavy atom. The van der Waals surface area contributed by atoms with Crippen LogP contribution in [-0.4, -0.2) is 33.4 Å². The van der Waals surface area contributed by atoms with Gasteiger partial charge in [-0.15, -0.1) is 0 Å². The van der Waals surface area contributed by atoms with Gasteiger partial charge in [0.2, 0.25) is 0 Å². The van der Waals surface area contributed by atoms with E-state index in [-0.39, 0.29) is 23.4 Å². The minimum atomic E-state index is -0.345. The fourth-order valence-corrected chi connectivity index (χ4v) is 3.16. The third-order valence-corrected chi connectivity index (χ3v) is 4.46. The number of nitrogens with two attached hydrogens (primary N) is 1. The van der Waals surface area contributed by atoms with Gasteiger partial charge in [0, 0.05) is 6.04 Å². The molecule has 0 aliphatic heterocycles. The zero-order valence-electron chi connectivity index (χ0n) is 13.0. The molecule has 0 bridgehead atoms. The number of para-hydroxylation sites is 1. The van der Waals surface area contributed by atoms with Crippen molar-refractivity contribution in [2.45, 2.75) is 31.7 Å². The van der Waals surface area contributed by atoms with Crippen LogP contribution in [0.2, 0.25) is 0 Å². The monoisotopic (exact) mass is 314 g/mol. The van der Waals surface area contributed by atoms with Crippen molar-refractivity contribution in [3.8, 4) is 11.4 Å². The largest absolute Gasteiger partial charge is 0.504 e. The predicted molar refractivity (Wildman–Crippen MR) is 87.5 cm³/mol. The van der Waals surface area contributed by atoms with E-state index in [1.165, 1.54) is 10.9 Å². The van der Waals surface area contributed by atoms with E-state index in [9.17, 15) is 9.90 Å². The van der Waals surface area contributed by atoms with Crippen LogP contribution in [-0.2, 0) is 0 Å². The number of carbonyl (C=O) groups is 1. The summed E-state index contributed by atoms with van der Waals surface area (Å²) in [5.74, 6) is -0.167. The first-order valence-corrected chi connectivity index (χ1v) is 8.04. The zero-order chi connectivity index (χ0) is 16.2. The molecular weight excluding hydrogens is 292 g/mol. The summed E-state index contributed by atoms with van der Waals surface area (Å²) < 4.78 is 1.51. The van der Waals surface area contributed by atoms with Gasteiger partial charge in [0.05, 0.1) is 11.9 Å². The maximum absolute atomic E-state index is 12.5. The van der Waals surface area contributed by atoms with Gasteiger partial charge < -0.3 is 16.2 Å². The zero-order valence-corrected chi connectivity index (χ0v) is 13.0. The van der Waals surface area contributed by atoms with Crippen LogP contribution in [0.15, 0.2) is 36.5 Å². The van der Waals surface area contributed by atoms with Crippen molar-refractivity contribution >= 4 is 5.91 Å². The molecule has 4 N–H and O–H groups in total. The molecule has 6 nitrogen and oxygen atoms in total. The average molecular weight is 314 g/mol. The second-order valence-electron chi connectivity index (χ2n) is 6.00. The van der Waals surface area contributed by atoms with E-state index in [1.54, 1.807) is 0 Å². The van der Waals surface area contributed by atoms with Crippen LogP contribution in [0.4, 0.5) is 0 Å². The maximum Gasteiger partial charge on any atom is 0.275 e. The lowest BCUT2D eigenvalue weighted by atomic mass is 9.84. The van der Waals surface area contributed by atoms with Crippen LogP contribution < -0.4 is 11.1 Å². The Morgan fingerprint density at radius 1 is 1.30 bits per heavy atom. The molecule has 1 aromatic carbocycles. The van der Waals surface area contributed by atoms with E-state index in [0.717, 1.165) is 31.4 Å². The smallest absolute Gasteiger partial charge is 0.275 e. The second kappa shape index (κ2) is 6.83. The minimum Gasteiger partial charge on any atom is -0.504 e. The van der Waals surface area contributed by atoms with Crippen LogP contribution >= 0.6 is 0 Å². The Bertz CT molecular complexity index is 668. The van der Waals surface area contributed by atoms with Crippen LogP contribution in [0, 0.1) is 5.92 Å². The Morgan fingerprint density at radius 3 is 2.78 bits per heavy atom. The quantitative estimate of drug-likeness (QED) is 0.802. The van der Waals surface area contributed by atoms with E-state index < -0.39 is 0 Å². The first kappa shape index (κ1) is 15.6. The molecule has 6 heteroatoms. The second-order valence-corrected chi connectivity index (χ2v) is 6.00. The highest BCUT2D eigenvalue weighted by Crippen LogP contribution is 2.25. The van der Waals surface area contributed by atoms with E-state index in [4.69, 9.17) is 5.73 Å². The van der Waals surface area contributed by atoms with Crippen LogP contribution in [0.25, 0.3) is 5.69 Å². The molecule has 2 atom stereocenters. The lowest BCUT2D eigenvalue weighted by molar-refractivity contribution is 0.0900. The number of benzene rings is 1. The molecule has 1 aliphatic carbocycles. The van der Waals surface area contributed by atoms with E-state index in [0.29, 0.717) is 12.5 Å². The number of aromatic nitrogens is 2. The SMILES string of the molecule is NCC1CCCCC1NC(=O)c1nn(-c2ccccc2)cc1O. The number of nitrogens with one attached hydrogen (secondary N) is 1. The number of nitrogens with zero attached hydrogens (tertiary/aromatic N) is 2. The topological polar surface area (TPSA) is 93.2 Å². The summed E-state index contributed by atoms with van der Waals surface area (Å²) in [4.78, 5) is 12.5. The van der Waals surface area contributed by atoms with Gasteiger partial charge in [0.15, 0.2) is 11.4 Å². The van der Waals surface area contributed by atoms with Crippen LogP contribution in [0.1, 0.15) is 36.2 Å². The standard InChI is InChI=1S/C17H22N4O2/c18-10-12-6-4-5-9-14(12)19-17(23)16-15(22)11-21(20-16)13-7-2-1-3-8-13/h1-3,7-8,11-12,14,22H,4-6,9-10,18H2,(H,19,23). The molecule has 1 amide bonds. The van der Waals surface area contributed by atoms with Gasteiger partial charge in [-0.25, -0.2) is 4.68 Å². The Balaban J connectivity index is 1.76. The van der Waals surface area contributed by atoms with Gasteiger partial charge in [0.25, 0.3) is 5.91 Å². The minimum absolute atomic E-state index is 0.0511. The van der Waals surface area contributed by atoms with Crippen LogP contribution in [0.3, 0.4) is 0 Å². The molecule has 1 aliphatic rings. The van der Waals surface area contributed by atoms with E-state index >= 15 is 0 Å². The van der Waals surface area contributed by atoms with Crippen molar-refractivity contribution in [3.63, 3.8) is 0 Å². The Kier molecular flexibility index (Phi) is 4.62. The molecule has 2 aromatic rings. The van der Waals surface area contributed by atoms with Crippen molar-refractivity contribution in [3.05, 3.63) is 42.2 Å². The van der Waals surface area contributed by atoms with Crippen molar-refractivity contribution in [1.82, 2.24) is 15.1 Å². The van der Waals surface area contributed by atoms with Gasteiger partial charge in [-0.1, -0.05) is 31.0 Å². The van der Waals surface area contributed by atoms with Crippen LogP contribution in [0.5, 0.6) is 5.75 Å². The summed E-state index contributed by atoms with van der Waals surface area (Å²) in [6.45, 7) is 0.565. The summed E-state index contributed by atoms with van der Waals surface area (Å²) in [5, 5.41) is 17.3. The highest BCUT2D eigenvalue weighted by Gasteiger charge is 2.27. The van der Waals surface area contributed by atoms with Gasteiger partial charge >= 0.3 is 0 Å². The van der Waals surface area contributed by atoms with Crippen molar-refractivity contribution in [2.75, 3.05) is 6.54 Å². The third kappa shape index (κ3) is 3.37. The van der Waals surface area contributed by atoms with Gasteiger partial charge in [-0.2, -0.15) is 5.10 Å². The summed E-state index contributed by atoms with van der Waals surface area (Å²) >= 11 is 0. The number of amides is 1. The fraction of sp³-hybridized carbons (Fsp3) is 0.412. The fourth-order valence-electron chi connectivity index (χ4n) is 3.16. The van der Waals surface area contributed by atoms with Gasteiger partial charge in [-0.05, 0) is 37.4 Å². The lowest BCUT2D eigenvalue weighted by Crippen LogP contribution is -2.44. The molecule has 1 fully saturated rings. The van der Waals surface area contributed by atoms with E-state index in [1.807, 2.05) is 30.3 Å². The van der Waals surface area contributed by atoms with Gasteiger partial charge in [-0.3, -0.25) is 4.79 Å². The normalized spacial score (nSPS) is 21.1. The first-order valence-electron chi connectivity index (χ1n) is 8.04. The van der Waals surface area contributed by atoms with Crippen molar-refractivity contribution in [1.29, 1.82) is 0 Å². The number of hydrogen-bond donors (Lipinski definition) is 3. The first-order chi connectivity index (χ1) is 11.2. The summed E-state index contributed by atoms with van der Waals surface area (Å²) in [6, 6.07) is 9.43. The molecule has 0 spiro atoms. The van der Waals surface area contributed by atoms with Crippen molar-refractivity contribution < 1.29 is 9.90 Å². The summed E-state index contributed by atoms with van der Waals surface area (Å²) in [5.41, 5.74) is 6.64. The molecule has 122 valence electrons. The molecular formula is C17H22N4O2. The van der Waals surface area contributed by atoms with Gasteiger partial charge in [0.1, 0.15) is 0 Å². The number of carbonyl (C=O) groups excluding carboxylic acids is 1.